The molecule has 2 fully saturated rings. The van der Waals surface area contributed by atoms with Crippen LogP contribution >= 0.6 is 0 Å². The fraction of sp³-hybridized carbons (Fsp3) is 0.562. The van der Waals surface area contributed by atoms with E-state index in [4.69, 9.17) is 5.14 Å². The van der Waals surface area contributed by atoms with Gasteiger partial charge in [0.1, 0.15) is 0 Å². The molecule has 24 heavy (non-hydrogen) atoms. The van der Waals surface area contributed by atoms with Crippen LogP contribution in [0, 0.1) is 0 Å². The van der Waals surface area contributed by atoms with Crippen molar-refractivity contribution in [3.63, 3.8) is 0 Å². The predicted octanol–water partition coefficient (Wildman–Crippen LogP) is -0.00130. The van der Waals surface area contributed by atoms with E-state index >= 15 is 0 Å². The number of benzene rings is 1. The molecule has 0 aromatic heterocycles. The van der Waals surface area contributed by atoms with Gasteiger partial charge in [-0.2, -0.15) is 12.7 Å². The van der Waals surface area contributed by atoms with E-state index in [0.29, 0.717) is 45.3 Å². The minimum atomic E-state index is -3.63. The van der Waals surface area contributed by atoms with Gasteiger partial charge in [-0.15, -0.1) is 0 Å². The molecule has 0 unspecified atom stereocenters. The Morgan fingerprint density at radius 1 is 1.12 bits per heavy atom. The van der Waals surface area contributed by atoms with Crippen molar-refractivity contribution in [2.75, 3.05) is 32.7 Å². The standard InChI is InChI=1S/C16H24N4O3S/c17-24(22,23)19-10-8-18(9-11-19)13-16(21)20(15-6-7-15)12-14-4-2-1-3-5-14/h1-5,15H,6-13H2,(H2,17,22,23). The maximum Gasteiger partial charge on any atom is 0.276 e. The quantitative estimate of drug-likeness (QED) is 0.781. The van der Waals surface area contributed by atoms with Gasteiger partial charge in [-0.05, 0) is 18.4 Å². The highest BCUT2D eigenvalue weighted by molar-refractivity contribution is 7.86. The van der Waals surface area contributed by atoms with Gasteiger partial charge in [0.15, 0.2) is 0 Å². The fourth-order valence-electron chi connectivity index (χ4n) is 3.01. The molecule has 0 spiro atoms. The van der Waals surface area contributed by atoms with E-state index in [1.54, 1.807) is 0 Å². The van der Waals surface area contributed by atoms with Crippen LogP contribution in [-0.2, 0) is 21.5 Å². The topological polar surface area (TPSA) is 87.0 Å². The highest BCUT2D eigenvalue weighted by Crippen LogP contribution is 2.28. The first kappa shape index (κ1) is 17.3. The first-order valence-electron chi connectivity index (χ1n) is 8.27. The second-order valence-corrected chi connectivity index (χ2v) is 8.00. The lowest BCUT2D eigenvalue weighted by Crippen LogP contribution is -2.53. The molecule has 0 bridgehead atoms. The molecule has 0 atom stereocenters. The van der Waals surface area contributed by atoms with Crippen LogP contribution in [0.15, 0.2) is 30.3 Å². The van der Waals surface area contributed by atoms with Crippen molar-refractivity contribution in [3.8, 4) is 0 Å². The molecule has 1 saturated heterocycles. The largest absolute Gasteiger partial charge is 0.334 e. The summed E-state index contributed by atoms with van der Waals surface area (Å²) in [5, 5.41) is 5.14. The summed E-state index contributed by atoms with van der Waals surface area (Å²) in [6.45, 7) is 2.73. The second-order valence-electron chi connectivity index (χ2n) is 6.46. The molecule has 1 aliphatic heterocycles. The Balaban J connectivity index is 1.55. The van der Waals surface area contributed by atoms with Gasteiger partial charge in [-0.1, -0.05) is 30.3 Å². The number of carbonyl (C=O) groups excluding carboxylic acids is 1. The van der Waals surface area contributed by atoms with Crippen molar-refractivity contribution in [2.45, 2.75) is 25.4 Å². The molecule has 1 amide bonds. The molecule has 2 aliphatic rings. The molecule has 0 radical (unpaired) electrons. The van der Waals surface area contributed by atoms with Crippen molar-refractivity contribution >= 4 is 16.1 Å². The summed E-state index contributed by atoms with van der Waals surface area (Å²) < 4.78 is 23.9. The van der Waals surface area contributed by atoms with Crippen LogP contribution in [0.3, 0.4) is 0 Å². The third-order valence-electron chi connectivity index (χ3n) is 4.55. The van der Waals surface area contributed by atoms with Gasteiger partial charge in [-0.3, -0.25) is 9.69 Å². The van der Waals surface area contributed by atoms with E-state index in [0.717, 1.165) is 18.4 Å². The number of nitrogens with two attached hydrogens (primary N) is 1. The molecule has 132 valence electrons. The molecule has 8 heteroatoms. The van der Waals surface area contributed by atoms with E-state index in [-0.39, 0.29) is 5.91 Å². The lowest BCUT2D eigenvalue weighted by Gasteiger charge is -2.34. The number of carbonyl (C=O) groups is 1. The number of hydrogen-bond acceptors (Lipinski definition) is 4. The third kappa shape index (κ3) is 4.54. The maximum atomic E-state index is 12.7. The van der Waals surface area contributed by atoms with Gasteiger partial charge in [0.25, 0.3) is 10.2 Å². The Morgan fingerprint density at radius 3 is 2.29 bits per heavy atom. The van der Waals surface area contributed by atoms with Gasteiger partial charge in [0.05, 0.1) is 6.54 Å². The molecule has 1 heterocycles. The molecule has 1 aromatic carbocycles. The number of amides is 1. The lowest BCUT2D eigenvalue weighted by atomic mass is 10.2. The molecule has 1 aromatic rings. The average Bonchev–Trinajstić information content (AvgIpc) is 3.38. The minimum Gasteiger partial charge on any atom is -0.334 e. The minimum absolute atomic E-state index is 0.116. The monoisotopic (exact) mass is 352 g/mol. The summed E-state index contributed by atoms with van der Waals surface area (Å²) >= 11 is 0. The Labute approximate surface area is 143 Å². The zero-order chi connectivity index (χ0) is 17.2. The summed E-state index contributed by atoms with van der Waals surface area (Å²) in [7, 11) is -3.63. The number of piperazine rings is 1. The second kappa shape index (κ2) is 7.18. The van der Waals surface area contributed by atoms with Crippen molar-refractivity contribution in [2.24, 2.45) is 5.14 Å². The molecule has 7 nitrogen and oxygen atoms in total. The van der Waals surface area contributed by atoms with Crippen LogP contribution in [0.5, 0.6) is 0 Å². The van der Waals surface area contributed by atoms with E-state index in [1.165, 1.54) is 4.31 Å². The zero-order valence-electron chi connectivity index (χ0n) is 13.7. The molecular formula is C16H24N4O3S. The predicted molar refractivity (Wildman–Crippen MR) is 91.1 cm³/mol. The summed E-state index contributed by atoms with van der Waals surface area (Å²) in [5.74, 6) is 0.116. The summed E-state index contributed by atoms with van der Waals surface area (Å²) in [5.41, 5.74) is 1.14. The normalized spacial score (nSPS) is 20.0. The van der Waals surface area contributed by atoms with Crippen LogP contribution in [0.4, 0.5) is 0 Å². The smallest absolute Gasteiger partial charge is 0.276 e. The first-order chi connectivity index (χ1) is 11.4. The highest BCUT2D eigenvalue weighted by atomic mass is 32.2. The fourth-order valence-corrected chi connectivity index (χ4v) is 3.68. The van der Waals surface area contributed by atoms with Crippen LogP contribution in [0.2, 0.25) is 0 Å². The molecule has 1 aliphatic carbocycles. The van der Waals surface area contributed by atoms with Crippen molar-refractivity contribution in [1.29, 1.82) is 0 Å². The first-order valence-corrected chi connectivity index (χ1v) is 9.77. The maximum absolute atomic E-state index is 12.7. The van der Waals surface area contributed by atoms with Gasteiger partial charge in [-0.25, -0.2) is 5.14 Å². The van der Waals surface area contributed by atoms with Crippen molar-refractivity contribution < 1.29 is 13.2 Å². The van der Waals surface area contributed by atoms with Crippen LogP contribution < -0.4 is 5.14 Å². The molecule has 1 saturated carbocycles. The summed E-state index contributed by atoms with van der Waals surface area (Å²) in [6.07, 6.45) is 2.13. The Bertz CT molecular complexity index is 668. The van der Waals surface area contributed by atoms with Gasteiger partial charge in [0, 0.05) is 38.8 Å². The van der Waals surface area contributed by atoms with E-state index in [9.17, 15) is 13.2 Å². The average molecular weight is 352 g/mol. The number of nitrogens with zero attached hydrogens (tertiary/aromatic N) is 3. The van der Waals surface area contributed by atoms with Gasteiger partial charge in [0.2, 0.25) is 5.91 Å². The van der Waals surface area contributed by atoms with Crippen molar-refractivity contribution in [1.82, 2.24) is 14.1 Å². The summed E-state index contributed by atoms with van der Waals surface area (Å²) in [4.78, 5) is 16.7. The molecule has 3 rings (SSSR count). The van der Waals surface area contributed by atoms with Crippen LogP contribution in [0.25, 0.3) is 0 Å². The summed E-state index contributed by atoms with van der Waals surface area (Å²) in [6, 6.07) is 10.4. The van der Waals surface area contributed by atoms with E-state index in [2.05, 4.69) is 0 Å². The lowest BCUT2D eigenvalue weighted by molar-refractivity contribution is -0.133. The van der Waals surface area contributed by atoms with Crippen LogP contribution in [-0.4, -0.2) is 67.2 Å². The number of hydrogen-bond donors (Lipinski definition) is 1. The van der Waals surface area contributed by atoms with E-state index in [1.807, 2.05) is 40.1 Å². The molecular weight excluding hydrogens is 328 g/mol. The van der Waals surface area contributed by atoms with E-state index < -0.39 is 10.2 Å². The highest BCUT2D eigenvalue weighted by Gasteiger charge is 2.34. The molecule has 2 N–H and O–H groups in total. The van der Waals surface area contributed by atoms with Gasteiger partial charge < -0.3 is 4.90 Å². The van der Waals surface area contributed by atoms with Crippen molar-refractivity contribution in [3.05, 3.63) is 35.9 Å². The Morgan fingerprint density at radius 2 is 1.75 bits per heavy atom. The zero-order valence-corrected chi connectivity index (χ0v) is 14.5. The van der Waals surface area contributed by atoms with Crippen LogP contribution in [0.1, 0.15) is 18.4 Å². The van der Waals surface area contributed by atoms with Gasteiger partial charge >= 0.3 is 0 Å². The Hall–Kier alpha value is -1.48. The third-order valence-corrected chi connectivity index (χ3v) is 5.64. The number of rotatable bonds is 6. The Kier molecular flexibility index (Phi) is 5.19. The SMILES string of the molecule is NS(=O)(=O)N1CCN(CC(=O)N(Cc2ccccc2)C2CC2)CC1.